The minimum absolute atomic E-state index is 0.0763. The number of carbonyl (C=O) groups excluding carboxylic acids is 1. The average Bonchev–Trinajstić information content (AvgIpc) is 2.88. The SMILES string of the molecule is CSCN(c1ccc(C(F)(F)P)cc1N)C1CCN(C(=O)C2CCN(Cc3ccnnc3)CC2)CC1. The Bertz CT molecular complexity index is 1010. The number of anilines is 2. The highest BCUT2D eigenvalue weighted by Gasteiger charge is 2.33. The number of thioether (sulfide) groups is 1. The molecule has 11 heteroatoms. The number of hydrogen-bond acceptors (Lipinski definition) is 7. The smallest absolute Gasteiger partial charge is 0.283 e. The van der Waals surface area contributed by atoms with Crippen LogP contribution in [0.4, 0.5) is 20.2 Å². The summed E-state index contributed by atoms with van der Waals surface area (Å²) < 4.78 is 27.4. The number of nitrogen functional groups attached to an aromatic ring is 1. The number of halogens is 2. The molecule has 2 N–H and O–H groups in total. The Balaban J connectivity index is 1.31. The molecule has 0 radical (unpaired) electrons. The molecule has 2 aliphatic heterocycles. The van der Waals surface area contributed by atoms with Gasteiger partial charge in [0.15, 0.2) is 0 Å². The molecule has 0 bridgehead atoms. The summed E-state index contributed by atoms with van der Waals surface area (Å²) >= 11 is 1.67. The van der Waals surface area contributed by atoms with Crippen LogP contribution >= 0.6 is 21.0 Å². The maximum atomic E-state index is 13.7. The van der Waals surface area contributed by atoms with Crippen LogP contribution in [0, 0.1) is 5.92 Å². The van der Waals surface area contributed by atoms with Gasteiger partial charge in [0.2, 0.25) is 5.91 Å². The fourth-order valence-corrected chi connectivity index (χ4v) is 6.01. The van der Waals surface area contributed by atoms with Gasteiger partial charge in [-0.2, -0.15) is 19.0 Å². The van der Waals surface area contributed by atoms with Gasteiger partial charge in [0.1, 0.15) is 0 Å². The second-order valence-electron chi connectivity index (χ2n) is 9.64. The lowest BCUT2D eigenvalue weighted by molar-refractivity contribution is -0.138. The first-order valence-corrected chi connectivity index (χ1v) is 14.3. The van der Waals surface area contributed by atoms with Gasteiger partial charge in [0.05, 0.1) is 23.4 Å². The van der Waals surface area contributed by atoms with Crippen molar-refractivity contribution in [3.05, 3.63) is 47.8 Å². The van der Waals surface area contributed by atoms with E-state index in [0.717, 1.165) is 56.6 Å². The van der Waals surface area contributed by atoms with Crippen LogP contribution in [0.5, 0.6) is 0 Å². The number of alkyl halides is 2. The van der Waals surface area contributed by atoms with Gasteiger partial charge in [0, 0.05) is 43.4 Å². The summed E-state index contributed by atoms with van der Waals surface area (Å²) in [6, 6.07) is 6.71. The van der Waals surface area contributed by atoms with E-state index in [2.05, 4.69) is 20.0 Å². The Hall–Kier alpha value is -2.03. The molecular formula is C25H35F2N6OPS. The predicted octanol–water partition coefficient (Wildman–Crippen LogP) is 4.01. The van der Waals surface area contributed by atoms with E-state index in [-0.39, 0.29) is 23.4 Å². The summed E-state index contributed by atoms with van der Waals surface area (Å²) in [5, 5.41) is 7.77. The van der Waals surface area contributed by atoms with E-state index in [1.165, 1.54) is 12.1 Å². The highest BCUT2D eigenvalue weighted by molar-refractivity contribution is 7.98. The maximum absolute atomic E-state index is 13.7. The molecule has 2 aromatic rings. The van der Waals surface area contributed by atoms with Crippen LogP contribution in [0.2, 0.25) is 0 Å². The van der Waals surface area contributed by atoms with Crippen LogP contribution in [-0.2, 0) is 17.0 Å². The molecule has 1 atom stereocenters. The molecule has 4 rings (SSSR count). The number of carbonyl (C=O) groups is 1. The maximum Gasteiger partial charge on any atom is 0.283 e. The number of aromatic nitrogens is 2. The van der Waals surface area contributed by atoms with Crippen molar-refractivity contribution in [2.24, 2.45) is 5.92 Å². The summed E-state index contributed by atoms with van der Waals surface area (Å²) in [7, 11) is 1.56. The third kappa shape index (κ3) is 6.64. The molecule has 2 aliphatic rings. The molecule has 0 saturated carbocycles. The number of rotatable bonds is 8. The van der Waals surface area contributed by atoms with Crippen LogP contribution in [0.3, 0.4) is 0 Å². The summed E-state index contributed by atoms with van der Waals surface area (Å²) in [5.74, 6) is 1.05. The summed E-state index contributed by atoms with van der Waals surface area (Å²) in [5.41, 5.74) is 5.39. The Morgan fingerprint density at radius 3 is 2.47 bits per heavy atom. The van der Waals surface area contributed by atoms with Gasteiger partial charge < -0.3 is 15.5 Å². The Kier molecular flexibility index (Phi) is 9.01. The molecule has 0 spiro atoms. The molecule has 1 unspecified atom stereocenters. The van der Waals surface area contributed by atoms with Crippen LogP contribution in [0.1, 0.15) is 36.8 Å². The summed E-state index contributed by atoms with van der Waals surface area (Å²) in [6.45, 7) is 4.06. The van der Waals surface area contributed by atoms with Crippen LogP contribution in [0.15, 0.2) is 36.7 Å². The lowest BCUT2D eigenvalue weighted by Crippen LogP contribution is -2.49. The van der Waals surface area contributed by atoms with Gasteiger partial charge in [-0.05, 0) is 68.8 Å². The van der Waals surface area contributed by atoms with E-state index in [0.29, 0.717) is 24.7 Å². The van der Waals surface area contributed by atoms with E-state index in [1.54, 1.807) is 39.5 Å². The molecule has 0 aliphatic carbocycles. The minimum Gasteiger partial charge on any atom is -0.397 e. The lowest BCUT2D eigenvalue weighted by atomic mass is 9.93. The van der Waals surface area contributed by atoms with E-state index in [4.69, 9.17) is 5.73 Å². The average molecular weight is 537 g/mol. The topological polar surface area (TPSA) is 78.6 Å². The second-order valence-corrected chi connectivity index (χ2v) is 11.2. The molecule has 2 fully saturated rings. The van der Waals surface area contributed by atoms with E-state index < -0.39 is 5.66 Å². The normalized spacial score (nSPS) is 18.4. The van der Waals surface area contributed by atoms with Crippen molar-refractivity contribution in [1.82, 2.24) is 20.0 Å². The number of benzene rings is 1. The lowest BCUT2D eigenvalue weighted by Gasteiger charge is -2.41. The van der Waals surface area contributed by atoms with Gasteiger partial charge in [0.25, 0.3) is 5.66 Å². The first-order valence-electron chi connectivity index (χ1n) is 12.3. The van der Waals surface area contributed by atoms with Crippen molar-refractivity contribution < 1.29 is 13.6 Å². The molecule has 7 nitrogen and oxygen atoms in total. The third-order valence-electron chi connectivity index (χ3n) is 7.20. The minimum atomic E-state index is -3.00. The van der Waals surface area contributed by atoms with Gasteiger partial charge in [-0.3, -0.25) is 9.69 Å². The Labute approximate surface area is 218 Å². The van der Waals surface area contributed by atoms with Gasteiger partial charge in [-0.25, -0.2) is 0 Å². The number of amides is 1. The van der Waals surface area contributed by atoms with Gasteiger partial charge >= 0.3 is 0 Å². The monoisotopic (exact) mass is 536 g/mol. The van der Waals surface area contributed by atoms with E-state index in [9.17, 15) is 13.6 Å². The van der Waals surface area contributed by atoms with Gasteiger partial charge in [-0.1, -0.05) is 15.3 Å². The van der Waals surface area contributed by atoms with Crippen LogP contribution in [-0.4, -0.2) is 70.3 Å². The molecular weight excluding hydrogens is 501 g/mol. The fourth-order valence-electron chi connectivity index (χ4n) is 5.20. The molecule has 1 amide bonds. The largest absolute Gasteiger partial charge is 0.397 e. The zero-order chi connectivity index (χ0) is 25.7. The van der Waals surface area contributed by atoms with E-state index >= 15 is 0 Å². The second kappa shape index (κ2) is 12.0. The molecule has 196 valence electrons. The number of nitrogens with zero attached hydrogens (tertiary/aromatic N) is 5. The zero-order valence-electron chi connectivity index (χ0n) is 20.7. The van der Waals surface area contributed by atoms with Crippen molar-refractivity contribution in [3.8, 4) is 0 Å². The Morgan fingerprint density at radius 2 is 1.89 bits per heavy atom. The van der Waals surface area contributed by atoms with Gasteiger partial charge in [-0.15, -0.1) is 11.8 Å². The quantitative estimate of drug-likeness (QED) is 0.310. The highest BCUT2D eigenvalue weighted by Crippen LogP contribution is 2.39. The third-order valence-corrected chi connectivity index (χ3v) is 8.07. The number of hydrogen-bond donors (Lipinski definition) is 1. The number of piperidine rings is 2. The van der Waals surface area contributed by atoms with Crippen molar-refractivity contribution in [2.75, 3.05) is 48.9 Å². The van der Waals surface area contributed by atoms with Crippen molar-refractivity contribution in [3.63, 3.8) is 0 Å². The highest BCUT2D eigenvalue weighted by atomic mass is 32.2. The Morgan fingerprint density at radius 1 is 1.17 bits per heavy atom. The number of likely N-dealkylation sites (tertiary alicyclic amines) is 2. The fraction of sp³-hybridized carbons (Fsp3) is 0.560. The number of nitrogens with two attached hydrogens (primary N) is 1. The molecule has 1 aromatic carbocycles. The molecule has 1 aromatic heterocycles. The molecule has 2 saturated heterocycles. The van der Waals surface area contributed by atoms with Crippen LogP contribution in [0.25, 0.3) is 0 Å². The van der Waals surface area contributed by atoms with Crippen LogP contribution < -0.4 is 10.6 Å². The van der Waals surface area contributed by atoms with Crippen molar-refractivity contribution in [2.45, 2.75) is 43.9 Å². The molecule has 3 heterocycles. The van der Waals surface area contributed by atoms with Crippen molar-refractivity contribution in [1.29, 1.82) is 0 Å². The van der Waals surface area contributed by atoms with E-state index in [1.807, 2.05) is 17.2 Å². The zero-order valence-corrected chi connectivity index (χ0v) is 22.6. The first-order chi connectivity index (χ1) is 17.3. The standard InChI is InChI=1S/C25H35F2N6OPS/c1-36-17-33(23-3-2-20(14-22(23)28)25(26,27)35)21-7-12-32(13-8-21)24(34)19-5-10-31(11-6-19)16-18-4-9-29-30-15-18/h2-4,9,14-15,19,21H,5-8,10-13,16-17,28,35H2,1H3. The van der Waals surface area contributed by atoms with Crippen molar-refractivity contribution >= 4 is 38.3 Å². The summed E-state index contributed by atoms with van der Waals surface area (Å²) in [6.07, 6.45) is 8.94. The summed E-state index contributed by atoms with van der Waals surface area (Å²) in [4.78, 5) is 19.8. The molecule has 36 heavy (non-hydrogen) atoms. The first kappa shape index (κ1) is 27.0. The predicted molar refractivity (Wildman–Crippen MR) is 145 cm³/mol.